The van der Waals surface area contributed by atoms with Gasteiger partial charge in [0, 0.05) is 6.92 Å². The zero-order valence-corrected chi connectivity index (χ0v) is 5.70. The standard InChI is InChI=1S/C8H8O2/c1-6-9-7-4-2-3-5-8(7)10-6/h2-6H,1H3. The largest absolute Gasteiger partial charge is 0.451 e. The molecule has 1 aliphatic rings. The molecule has 0 radical (unpaired) electrons. The minimum atomic E-state index is -0.127. The Balaban J connectivity index is 2.42. The van der Waals surface area contributed by atoms with E-state index in [9.17, 15) is 0 Å². The number of hydrogen-bond acceptors (Lipinski definition) is 2. The maximum absolute atomic E-state index is 5.28. The molecule has 1 heterocycles. The molecule has 1 aromatic carbocycles. The molecule has 1 aliphatic heterocycles. The molecule has 0 spiro atoms. The fraction of sp³-hybridized carbons (Fsp3) is 0.250. The molecule has 0 saturated heterocycles. The fourth-order valence-electron chi connectivity index (χ4n) is 1.03. The van der Waals surface area contributed by atoms with Crippen molar-refractivity contribution in [2.24, 2.45) is 0 Å². The Morgan fingerprint density at radius 2 is 1.60 bits per heavy atom. The molecular weight excluding hydrogens is 128 g/mol. The van der Waals surface area contributed by atoms with Crippen molar-refractivity contribution in [2.75, 3.05) is 0 Å². The summed E-state index contributed by atoms with van der Waals surface area (Å²) in [7, 11) is 0. The molecule has 0 aromatic heterocycles. The second kappa shape index (κ2) is 1.90. The van der Waals surface area contributed by atoms with E-state index in [2.05, 4.69) is 0 Å². The summed E-state index contributed by atoms with van der Waals surface area (Å²) in [6.07, 6.45) is -0.127. The number of fused-ring (bicyclic) bond motifs is 1. The zero-order chi connectivity index (χ0) is 6.97. The Morgan fingerprint density at radius 3 is 2.10 bits per heavy atom. The molecule has 0 saturated carbocycles. The van der Waals surface area contributed by atoms with E-state index in [1.165, 1.54) is 0 Å². The first-order chi connectivity index (χ1) is 4.86. The molecule has 2 nitrogen and oxygen atoms in total. The molecule has 2 rings (SSSR count). The summed E-state index contributed by atoms with van der Waals surface area (Å²) in [6.45, 7) is 1.88. The maximum Gasteiger partial charge on any atom is 0.238 e. The molecule has 0 N–H and O–H groups in total. The van der Waals surface area contributed by atoms with Gasteiger partial charge in [-0.2, -0.15) is 0 Å². The van der Waals surface area contributed by atoms with Crippen molar-refractivity contribution in [1.29, 1.82) is 0 Å². The third kappa shape index (κ3) is 0.727. The minimum absolute atomic E-state index is 0.127. The monoisotopic (exact) mass is 136 g/mol. The van der Waals surface area contributed by atoms with Crippen molar-refractivity contribution >= 4 is 0 Å². The molecule has 1 aromatic rings. The van der Waals surface area contributed by atoms with Crippen LogP contribution < -0.4 is 9.47 Å². The predicted octanol–water partition coefficient (Wildman–Crippen LogP) is 1.80. The quantitative estimate of drug-likeness (QED) is 0.541. The first-order valence-corrected chi connectivity index (χ1v) is 3.28. The van der Waals surface area contributed by atoms with E-state index >= 15 is 0 Å². The van der Waals surface area contributed by atoms with Crippen LogP contribution in [-0.4, -0.2) is 6.29 Å². The van der Waals surface area contributed by atoms with Crippen LogP contribution in [0, 0.1) is 0 Å². The average Bonchev–Trinajstić information content (AvgIpc) is 2.27. The molecule has 0 amide bonds. The van der Waals surface area contributed by atoms with Gasteiger partial charge in [0.05, 0.1) is 0 Å². The summed E-state index contributed by atoms with van der Waals surface area (Å²) >= 11 is 0. The molecule has 0 atom stereocenters. The molecule has 0 unspecified atom stereocenters. The van der Waals surface area contributed by atoms with Crippen LogP contribution in [0.3, 0.4) is 0 Å². The van der Waals surface area contributed by atoms with E-state index in [-0.39, 0.29) is 6.29 Å². The van der Waals surface area contributed by atoms with E-state index in [0.29, 0.717) is 0 Å². The second-order valence-corrected chi connectivity index (χ2v) is 2.25. The van der Waals surface area contributed by atoms with Crippen LogP contribution in [0.4, 0.5) is 0 Å². The maximum atomic E-state index is 5.28. The van der Waals surface area contributed by atoms with E-state index in [4.69, 9.17) is 9.47 Å². The normalized spacial score (nSPS) is 15.7. The van der Waals surface area contributed by atoms with Gasteiger partial charge in [-0.05, 0) is 12.1 Å². The van der Waals surface area contributed by atoms with Crippen molar-refractivity contribution < 1.29 is 9.47 Å². The number of hydrogen-bond donors (Lipinski definition) is 0. The van der Waals surface area contributed by atoms with Crippen LogP contribution in [0.1, 0.15) is 6.92 Å². The van der Waals surface area contributed by atoms with Crippen molar-refractivity contribution in [3.05, 3.63) is 24.3 Å². The lowest BCUT2D eigenvalue weighted by Gasteiger charge is -1.99. The minimum Gasteiger partial charge on any atom is -0.451 e. The Bertz CT molecular complexity index is 220. The predicted molar refractivity (Wildman–Crippen MR) is 37.2 cm³/mol. The van der Waals surface area contributed by atoms with Crippen molar-refractivity contribution in [1.82, 2.24) is 0 Å². The Kier molecular flexibility index (Phi) is 1.07. The van der Waals surface area contributed by atoms with Gasteiger partial charge < -0.3 is 9.47 Å². The van der Waals surface area contributed by atoms with E-state index in [0.717, 1.165) is 11.5 Å². The van der Waals surface area contributed by atoms with Gasteiger partial charge in [0.2, 0.25) is 6.29 Å². The van der Waals surface area contributed by atoms with Crippen LogP contribution in [0.5, 0.6) is 11.5 Å². The molecule has 10 heavy (non-hydrogen) atoms. The van der Waals surface area contributed by atoms with Gasteiger partial charge in [-0.25, -0.2) is 0 Å². The van der Waals surface area contributed by atoms with Crippen LogP contribution in [0.2, 0.25) is 0 Å². The number of rotatable bonds is 0. The highest BCUT2D eigenvalue weighted by Gasteiger charge is 2.17. The summed E-state index contributed by atoms with van der Waals surface area (Å²) in [5.41, 5.74) is 0. The first kappa shape index (κ1) is 5.59. The summed E-state index contributed by atoms with van der Waals surface area (Å²) < 4.78 is 10.6. The lowest BCUT2D eigenvalue weighted by molar-refractivity contribution is 0.0678. The Labute approximate surface area is 59.4 Å². The summed E-state index contributed by atoms with van der Waals surface area (Å²) in [5.74, 6) is 1.69. The summed E-state index contributed by atoms with van der Waals surface area (Å²) in [4.78, 5) is 0. The summed E-state index contributed by atoms with van der Waals surface area (Å²) in [5, 5.41) is 0. The van der Waals surface area contributed by atoms with E-state index < -0.39 is 0 Å². The zero-order valence-electron chi connectivity index (χ0n) is 5.70. The topological polar surface area (TPSA) is 18.5 Å². The van der Waals surface area contributed by atoms with Gasteiger partial charge in [0.1, 0.15) is 0 Å². The third-order valence-corrected chi connectivity index (χ3v) is 1.44. The molecule has 0 fully saturated rings. The van der Waals surface area contributed by atoms with Gasteiger partial charge in [-0.3, -0.25) is 0 Å². The van der Waals surface area contributed by atoms with Crippen LogP contribution in [0.25, 0.3) is 0 Å². The molecule has 0 aliphatic carbocycles. The Hall–Kier alpha value is -1.18. The van der Waals surface area contributed by atoms with Gasteiger partial charge in [0.25, 0.3) is 0 Å². The third-order valence-electron chi connectivity index (χ3n) is 1.44. The highest BCUT2D eigenvalue weighted by atomic mass is 16.7. The SMILES string of the molecule is CC1Oc2ccccc2O1. The lowest BCUT2D eigenvalue weighted by Crippen LogP contribution is -2.11. The van der Waals surface area contributed by atoms with E-state index in [1.807, 2.05) is 31.2 Å². The van der Waals surface area contributed by atoms with Gasteiger partial charge in [0.15, 0.2) is 11.5 Å². The molecule has 0 bridgehead atoms. The lowest BCUT2D eigenvalue weighted by atomic mass is 10.3. The van der Waals surface area contributed by atoms with Crippen molar-refractivity contribution in [2.45, 2.75) is 13.2 Å². The number of ether oxygens (including phenoxy) is 2. The number of para-hydroxylation sites is 2. The Morgan fingerprint density at radius 1 is 1.10 bits per heavy atom. The smallest absolute Gasteiger partial charge is 0.238 e. The molecule has 52 valence electrons. The average molecular weight is 136 g/mol. The number of benzene rings is 1. The van der Waals surface area contributed by atoms with Gasteiger partial charge in [-0.1, -0.05) is 12.1 Å². The molecular formula is C8H8O2. The highest BCUT2D eigenvalue weighted by Crippen LogP contribution is 2.33. The van der Waals surface area contributed by atoms with Gasteiger partial charge in [-0.15, -0.1) is 0 Å². The van der Waals surface area contributed by atoms with Crippen molar-refractivity contribution in [3.8, 4) is 11.5 Å². The van der Waals surface area contributed by atoms with Crippen molar-refractivity contribution in [3.63, 3.8) is 0 Å². The van der Waals surface area contributed by atoms with Crippen LogP contribution >= 0.6 is 0 Å². The molecule has 2 heteroatoms. The van der Waals surface area contributed by atoms with Crippen LogP contribution in [-0.2, 0) is 0 Å². The van der Waals surface area contributed by atoms with Gasteiger partial charge >= 0.3 is 0 Å². The first-order valence-electron chi connectivity index (χ1n) is 3.28. The van der Waals surface area contributed by atoms with Crippen LogP contribution in [0.15, 0.2) is 24.3 Å². The second-order valence-electron chi connectivity index (χ2n) is 2.25. The van der Waals surface area contributed by atoms with E-state index in [1.54, 1.807) is 0 Å². The highest BCUT2D eigenvalue weighted by molar-refractivity contribution is 5.41. The summed E-state index contributed by atoms with van der Waals surface area (Å²) in [6, 6.07) is 7.66. The fourth-order valence-corrected chi connectivity index (χ4v) is 1.03.